The van der Waals surface area contributed by atoms with Crippen molar-refractivity contribution in [1.29, 1.82) is 0 Å². The molecule has 2 aromatic rings. The number of hydrogen-bond acceptors (Lipinski definition) is 7. The predicted octanol–water partition coefficient (Wildman–Crippen LogP) is 0.575. The van der Waals surface area contributed by atoms with Crippen molar-refractivity contribution in [1.82, 2.24) is 30.5 Å². The number of aromatic nitrogens is 3. The number of rotatable bonds is 5. The number of nitrogens with one attached hydrogen (secondary N) is 2. The van der Waals surface area contributed by atoms with E-state index in [1.165, 1.54) is 15.8 Å². The van der Waals surface area contributed by atoms with Crippen molar-refractivity contribution in [2.45, 2.75) is 45.2 Å². The molecule has 2 saturated heterocycles. The highest BCUT2D eigenvalue weighted by Crippen LogP contribution is 2.29. The van der Waals surface area contributed by atoms with Gasteiger partial charge in [-0.3, -0.25) is 24.5 Å². The Morgan fingerprint density at radius 1 is 1.32 bits per heavy atom. The zero-order chi connectivity index (χ0) is 23.9. The van der Waals surface area contributed by atoms with Crippen LogP contribution in [0.5, 0.6) is 0 Å². The van der Waals surface area contributed by atoms with Gasteiger partial charge in [0.1, 0.15) is 6.04 Å². The molecule has 0 aliphatic carbocycles. The summed E-state index contributed by atoms with van der Waals surface area (Å²) >= 11 is 0. The Kier molecular flexibility index (Phi) is 5.64. The lowest BCUT2D eigenvalue weighted by Crippen LogP contribution is -2.52. The highest BCUT2D eigenvalue weighted by Gasteiger charge is 2.39. The first kappa shape index (κ1) is 22.2. The zero-order valence-corrected chi connectivity index (χ0v) is 18.9. The SMILES string of the molecule is CC1(CNC(=O)c2cn(-c3ccc4c(c3)C(=O)N(C3CCC(=O)NC3=O)C4)nn2)CCCOC1. The number of amides is 4. The van der Waals surface area contributed by atoms with E-state index in [1.54, 1.807) is 18.2 Å². The fraction of sp³-hybridized carbons (Fsp3) is 0.478. The van der Waals surface area contributed by atoms with E-state index < -0.39 is 11.9 Å². The van der Waals surface area contributed by atoms with Crippen LogP contribution in [0, 0.1) is 5.41 Å². The van der Waals surface area contributed by atoms with Crippen molar-refractivity contribution < 1.29 is 23.9 Å². The van der Waals surface area contributed by atoms with Crippen molar-refractivity contribution in [2.75, 3.05) is 19.8 Å². The second kappa shape index (κ2) is 8.64. The number of benzene rings is 1. The van der Waals surface area contributed by atoms with Crippen molar-refractivity contribution >= 4 is 23.6 Å². The molecule has 0 radical (unpaired) electrons. The van der Waals surface area contributed by atoms with Crippen LogP contribution in [0.1, 0.15) is 59.0 Å². The Bertz CT molecular complexity index is 1170. The van der Waals surface area contributed by atoms with Crippen LogP contribution in [0.2, 0.25) is 0 Å². The van der Waals surface area contributed by atoms with Crippen LogP contribution in [0.25, 0.3) is 5.69 Å². The molecule has 4 amide bonds. The molecular weight excluding hydrogens is 440 g/mol. The van der Waals surface area contributed by atoms with Gasteiger partial charge in [0.05, 0.1) is 18.5 Å². The average Bonchev–Trinajstić information content (AvgIpc) is 3.43. The number of carbonyl (C=O) groups excluding carboxylic acids is 4. The minimum Gasteiger partial charge on any atom is -0.381 e. The molecule has 0 bridgehead atoms. The summed E-state index contributed by atoms with van der Waals surface area (Å²) < 4.78 is 6.98. The molecule has 3 aliphatic rings. The van der Waals surface area contributed by atoms with Crippen molar-refractivity contribution in [3.05, 3.63) is 41.2 Å². The van der Waals surface area contributed by atoms with Gasteiger partial charge in [0.2, 0.25) is 11.8 Å². The van der Waals surface area contributed by atoms with Gasteiger partial charge in [-0.05, 0) is 37.0 Å². The summed E-state index contributed by atoms with van der Waals surface area (Å²) in [5, 5.41) is 13.3. The molecule has 5 rings (SSSR count). The lowest BCUT2D eigenvalue weighted by atomic mass is 9.85. The third-order valence-electron chi connectivity index (χ3n) is 6.70. The van der Waals surface area contributed by atoms with Crippen LogP contribution >= 0.6 is 0 Å². The maximum Gasteiger partial charge on any atom is 0.273 e. The number of carbonyl (C=O) groups is 4. The van der Waals surface area contributed by atoms with Crippen molar-refractivity contribution in [2.24, 2.45) is 5.41 Å². The van der Waals surface area contributed by atoms with Gasteiger partial charge in [-0.25, -0.2) is 4.68 Å². The second-order valence-electron chi connectivity index (χ2n) is 9.44. The molecule has 34 heavy (non-hydrogen) atoms. The summed E-state index contributed by atoms with van der Waals surface area (Å²) in [6, 6.07) is 4.61. The Morgan fingerprint density at radius 2 is 2.18 bits per heavy atom. The predicted molar refractivity (Wildman–Crippen MR) is 118 cm³/mol. The molecular formula is C23H26N6O5. The lowest BCUT2D eigenvalue weighted by molar-refractivity contribution is -0.136. The number of fused-ring (bicyclic) bond motifs is 1. The number of ether oxygens (including phenoxy) is 1. The maximum absolute atomic E-state index is 13.0. The van der Waals surface area contributed by atoms with E-state index in [4.69, 9.17) is 4.74 Å². The zero-order valence-electron chi connectivity index (χ0n) is 18.9. The smallest absolute Gasteiger partial charge is 0.273 e. The highest BCUT2D eigenvalue weighted by atomic mass is 16.5. The Hall–Kier alpha value is -3.60. The average molecular weight is 466 g/mol. The van der Waals surface area contributed by atoms with Crippen LogP contribution in [-0.4, -0.2) is 69.3 Å². The van der Waals surface area contributed by atoms with Crippen molar-refractivity contribution in [3.63, 3.8) is 0 Å². The summed E-state index contributed by atoms with van der Waals surface area (Å²) in [6.07, 6.45) is 4.00. The molecule has 0 saturated carbocycles. The first-order valence-corrected chi connectivity index (χ1v) is 11.4. The van der Waals surface area contributed by atoms with Crippen LogP contribution in [-0.2, 0) is 20.9 Å². The van der Waals surface area contributed by atoms with E-state index in [2.05, 4.69) is 27.9 Å². The molecule has 2 atom stereocenters. The summed E-state index contributed by atoms with van der Waals surface area (Å²) in [7, 11) is 0. The van der Waals surface area contributed by atoms with E-state index in [0.717, 1.165) is 25.0 Å². The van der Waals surface area contributed by atoms with Gasteiger partial charge in [-0.2, -0.15) is 0 Å². The molecule has 1 aromatic heterocycles. The molecule has 178 valence electrons. The Balaban J connectivity index is 1.27. The van der Waals surface area contributed by atoms with Crippen molar-refractivity contribution in [3.8, 4) is 5.69 Å². The molecule has 4 heterocycles. The largest absolute Gasteiger partial charge is 0.381 e. The molecule has 11 nitrogen and oxygen atoms in total. The van der Waals surface area contributed by atoms with Crippen LogP contribution < -0.4 is 10.6 Å². The number of nitrogens with zero attached hydrogens (tertiary/aromatic N) is 4. The topological polar surface area (TPSA) is 136 Å². The third-order valence-corrected chi connectivity index (χ3v) is 6.70. The van der Waals surface area contributed by atoms with E-state index in [-0.39, 0.29) is 35.3 Å². The molecule has 3 aliphatic heterocycles. The molecule has 2 unspecified atom stereocenters. The molecule has 2 N–H and O–H groups in total. The fourth-order valence-electron chi connectivity index (χ4n) is 4.69. The molecule has 11 heteroatoms. The highest BCUT2D eigenvalue weighted by molar-refractivity contribution is 6.05. The van der Waals surface area contributed by atoms with E-state index in [9.17, 15) is 19.2 Å². The summed E-state index contributed by atoms with van der Waals surface area (Å²) in [5.41, 5.74) is 1.92. The number of piperidine rings is 1. The second-order valence-corrected chi connectivity index (χ2v) is 9.44. The molecule has 0 spiro atoms. The van der Waals surface area contributed by atoms with E-state index in [0.29, 0.717) is 37.4 Å². The van der Waals surface area contributed by atoms with Gasteiger partial charge in [0.15, 0.2) is 5.69 Å². The van der Waals surface area contributed by atoms with Gasteiger partial charge in [-0.1, -0.05) is 18.2 Å². The first-order chi connectivity index (χ1) is 16.3. The molecule has 2 fully saturated rings. The minimum absolute atomic E-state index is 0.0986. The standard InChI is InChI=1S/C23H26N6O5/c1-23(7-2-8-34-13-23)12-24-20(31)17-11-29(27-26-17)15-4-3-14-10-28(22(33)16(14)9-15)18-5-6-19(30)25-21(18)32/h3-4,9,11,18H,2,5-8,10,12-13H2,1H3,(H,24,31)(H,25,30,32). The van der Waals surface area contributed by atoms with Crippen LogP contribution in [0.4, 0.5) is 0 Å². The summed E-state index contributed by atoms with van der Waals surface area (Å²) in [4.78, 5) is 50.8. The van der Waals surface area contributed by atoms with Crippen LogP contribution in [0.15, 0.2) is 24.4 Å². The Morgan fingerprint density at radius 3 is 2.94 bits per heavy atom. The minimum atomic E-state index is -0.667. The van der Waals surface area contributed by atoms with Gasteiger partial charge in [-0.15, -0.1) is 5.10 Å². The monoisotopic (exact) mass is 466 g/mol. The van der Waals surface area contributed by atoms with Crippen LogP contribution in [0.3, 0.4) is 0 Å². The summed E-state index contributed by atoms with van der Waals surface area (Å²) in [5.74, 6) is -1.36. The van der Waals surface area contributed by atoms with Gasteiger partial charge in [0.25, 0.3) is 11.8 Å². The maximum atomic E-state index is 13.0. The number of hydrogen-bond donors (Lipinski definition) is 2. The van der Waals surface area contributed by atoms with Gasteiger partial charge in [0, 0.05) is 37.1 Å². The quantitative estimate of drug-likeness (QED) is 0.615. The van der Waals surface area contributed by atoms with E-state index in [1.807, 2.05) is 0 Å². The van der Waals surface area contributed by atoms with Gasteiger partial charge < -0.3 is 15.0 Å². The number of imide groups is 1. The normalized spacial score (nSPS) is 24.7. The lowest BCUT2D eigenvalue weighted by Gasteiger charge is -2.33. The third kappa shape index (κ3) is 4.18. The van der Waals surface area contributed by atoms with E-state index >= 15 is 0 Å². The van der Waals surface area contributed by atoms with Gasteiger partial charge >= 0.3 is 0 Å². The first-order valence-electron chi connectivity index (χ1n) is 11.4. The Labute approximate surface area is 195 Å². The molecule has 1 aromatic carbocycles. The summed E-state index contributed by atoms with van der Waals surface area (Å²) in [6.45, 7) is 4.24. The fourth-order valence-corrected chi connectivity index (χ4v) is 4.69.